The molecule has 0 aliphatic carbocycles. The lowest BCUT2D eigenvalue weighted by atomic mass is 10.2. The number of hydrogen-bond donors (Lipinski definition) is 1. The van der Waals surface area contributed by atoms with E-state index in [4.69, 9.17) is 8.94 Å². The van der Waals surface area contributed by atoms with Gasteiger partial charge in [0.25, 0.3) is 0 Å². The molecule has 1 amide bonds. The Bertz CT molecular complexity index is 898. The van der Waals surface area contributed by atoms with E-state index < -0.39 is 11.6 Å². The molecule has 2 heterocycles. The third kappa shape index (κ3) is 3.73. The van der Waals surface area contributed by atoms with Crippen LogP contribution in [0.15, 0.2) is 33.3 Å². The van der Waals surface area contributed by atoms with Crippen molar-refractivity contribution in [3.8, 4) is 11.3 Å². The number of hydrogen-bond acceptors (Lipinski definition) is 5. The highest BCUT2D eigenvalue weighted by atomic mass is 19.1. The molecular formula is C17H15F2N3O3. The van der Waals surface area contributed by atoms with Crippen molar-refractivity contribution < 1.29 is 22.5 Å². The van der Waals surface area contributed by atoms with Crippen LogP contribution in [-0.2, 0) is 11.2 Å². The third-order valence-corrected chi connectivity index (χ3v) is 3.61. The SMILES string of the molecule is Cc1noc(C)c1NC(=O)CCc1ncc(-c2ccc(F)cc2F)o1. The fourth-order valence-electron chi connectivity index (χ4n) is 2.32. The van der Waals surface area contributed by atoms with Crippen LogP contribution < -0.4 is 5.32 Å². The van der Waals surface area contributed by atoms with Crippen molar-refractivity contribution in [1.82, 2.24) is 10.1 Å². The van der Waals surface area contributed by atoms with E-state index in [1.54, 1.807) is 13.8 Å². The number of oxazole rings is 1. The number of halogens is 2. The van der Waals surface area contributed by atoms with E-state index in [9.17, 15) is 13.6 Å². The normalized spacial score (nSPS) is 10.9. The van der Waals surface area contributed by atoms with Crippen LogP contribution in [0.5, 0.6) is 0 Å². The number of anilines is 1. The second kappa shape index (κ2) is 6.84. The van der Waals surface area contributed by atoms with Gasteiger partial charge in [0.2, 0.25) is 5.91 Å². The minimum Gasteiger partial charge on any atom is -0.441 e. The number of aryl methyl sites for hydroxylation is 3. The van der Waals surface area contributed by atoms with Gasteiger partial charge in [0.15, 0.2) is 17.4 Å². The van der Waals surface area contributed by atoms with E-state index in [1.807, 2.05) is 0 Å². The zero-order chi connectivity index (χ0) is 18.0. The Balaban J connectivity index is 1.63. The Morgan fingerprint density at radius 3 is 2.76 bits per heavy atom. The number of rotatable bonds is 5. The number of nitrogens with one attached hydrogen (secondary N) is 1. The Morgan fingerprint density at radius 1 is 1.28 bits per heavy atom. The highest BCUT2D eigenvalue weighted by Crippen LogP contribution is 2.25. The molecule has 3 rings (SSSR count). The largest absolute Gasteiger partial charge is 0.441 e. The quantitative estimate of drug-likeness (QED) is 0.759. The lowest BCUT2D eigenvalue weighted by Crippen LogP contribution is -2.13. The van der Waals surface area contributed by atoms with E-state index in [0.717, 1.165) is 12.1 Å². The van der Waals surface area contributed by atoms with Gasteiger partial charge in [0.05, 0.1) is 11.8 Å². The standard InChI is InChI=1S/C17H15F2N3O3/c1-9-17(10(2)25-22-9)21-15(23)5-6-16-20-8-14(24-16)12-4-3-11(18)7-13(12)19/h3-4,7-8H,5-6H2,1-2H3,(H,21,23). The summed E-state index contributed by atoms with van der Waals surface area (Å²) in [4.78, 5) is 16.0. The predicted molar refractivity (Wildman–Crippen MR) is 84.8 cm³/mol. The summed E-state index contributed by atoms with van der Waals surface area (Å²) < 4.78 is 37.1. The molecular weight excluding hydrogens is 332 g/mol. The van der Waals surface area contributed by atoms with E-state index >= 15 is 0 Å². The molecule has 1 aromatic carbocycles. The van der Waals surface area contributed by atoms with Crippen molar-refractivity contribution in [3.05, 3.63) is 53.4 Å². The molecule has 0 fully saturated rings. The molecule has 8 heteroatoms. The third-order valence-electron chi connectivity index (χ3n) is 3.61. The molecule has 0 aliphatic rings. The van der Waals surface area contributed by atoms with Gasteiger partial charge in [-0.25, -0.2) is 13.8 Å². The summed E-state index contributed by atoms with van der Waals surface area (Å²) in [6.45, 7) is 3.43. The highest BCUT2D eigenvalue weighted by molar-refractivity contribution is 5.91. The first-order chi connectivity index (χ1) is 11.9. The molecule has 3 aromatic rings. The average Bonchev–Trinajstić information content (AvgIpc) is 3.15. The summed E-state index contributed by atoms with van der Waals surface area (Å²) in [5.74, 6) is -0.666. The zero-order valence-corrected chi connectivity index (χ0v) is 13.6. The van der Waals surface area contributed by atoms with Crippen LogP contribution in [0.4, 0.5) is 14.5 Å². The van der Waals surface area contributed by atoms with Crippen LogP contribution in [0.25, 0.3) is 11.3 Å². The molecule has 1 N–H and O–H groups in total. The number of nitrogens with zero attached hydrogens (tertiary/aromatic N) is 2. The molecule has 6 nitrogen and oxygen atoms in total. The zero-order valence-electron chi connectivity index (χ0n) is 13.6. The Morgan fingerprint density at radius 2 is 2.08 bits per heavy atom. The van der Waals surface area contributed by atoms with Crippen LogP contribution in [0.2, 0.25) is 0 Å². The molecule has 0 saturated carbocycles. The van der Waals surface area contributed by atoms with Crippen LogP contribution >= 0.6 is 0 Å². The molecule has 0 saturated heterocycles. The van der Waals surface area contributed by atoms with Crippen molar-refractivity contribution in [3.63, 3.8) is 0 Å². The molecule has 0 atom stereocenters. The molecule has 25 heavy (non-hydrogen) atoms. The molecule has 2 aromatic heterocycles. The minimum absolute atomic E-state index is 0.111. The number of carbonyl (C=O) groups is 1. The molecule has 130 valence electrons. The first-order valence-corrected chi connectivity index (χ1v) is 7.57. The van der Waals surface area contributed by atoms with E-state index in [0.29, 0.717) is 17.1 Å². The van der Waals surface area contributed by atoms with Crippen LogP contribution in [0, 0.1) is 25.5 Å². The fourth-order valence-corrected chi connectivity index (χ4v) is 2.32. The lowest BCUT2D eigenvalue weighted by Gasteiger charge is -2.03. The maximum atomic E-state index is 13.7. The Kier molecular flexibility index (Phi) is 4.60. The molecule has 0 aliphatic heterocycles. The van der Waals surface area contributed by atoms with Crippen molar-refractivity contribution in [2.45, 2.75) is 26.7 Å². The summed E-state index contributed by atoms with van der Waals surface area (Å²) in [5, 5.41) is 6.47. The smallest absolute Gasteiger partial charge is 0.225 e. The van der Waals surface area contributed by atoms with E-state index in [-0.39, 0.29) is 36.0 Å². The minimum atomic E-state index is -0.737. The van der Waals surface area contributed by atoms with Gasteiger partial charge in [-0.2, -0.15) is 0 Å². The van der Waals surface area contributed by atoms with Crippen LogP contribution in [-0.4, -0.2) is 16.0 Å². The van der Waals surface area contributed by atoms with Gasteiger partial charge in [-0.05, 0) is 26.0 Å². The molecule has 0 unspecified atom stereocenters. The molecule has 0 bridgehead atoms. The molecule has 0 spiro atoms. The van der Waals surface area contributed by atoms with E-state index in [2.05, 4.69) is 15.5 Å². The van der Waals surface area contributed by atoms with Gasteiger partial charge in [-0.1, -0.05) is 5.16 Å². The summed E-state index contributed by atoms with van der Waals surface area (Å²) in [6.07, 6.45) is 1.70. The fraction of sp³-hybridized carbons (Fsp3) is 0.235. The van der Waals surface area contributed by atoms with Crippen molar-refractivity contribution in [2.75, 3.05) is 5.32 Å². The predicted octanol–water partition coefficient (Wildman–Crippen LogP) is 3.80. The average molecular weight is 347 g/mol. The van der Waals surface area contributed by atoms with Gasteiger partial charge >= 0.3 is 0 Å². The number of amides is 1. The highest BCUT2D eigenvalue weighted by Gasteiger charge is 2.15. The second-order valence-corrected chi connectivity index (χ2v) is 5.49. The van der Waals surface area contributed by atoms with Crippen molar-refractivity contribution >= 4 is 11.6 Å². The number of aromatic nitrogens is 2. The Hall–Kier alpha value is -3.03. The maximum absolute atomic E-state index is 13.7. The summed E-state index contributed by atoms with van der Waals surface area (Å²) in [6, 6.07) is 3.19. The Labute approximate surface area is 141 Å². The van der Waals surface area contributed by atoms with Gasteiger partial charge in [0.1, 0.15) is 23.0 Å². The van der Waals surface area contributed by atoms with Crippen molar-refractivity contribution in [2.24, 2.45) is 0 Å². The molecule has 0 radical (unpaired) electrons. The number of carbonyl (C=O) groups excluding carboxylic acids is 1. The lowest BCUT2D eigenvalue weighted by molar-refractivity contribution is -0.116. The van der Waals surface area contributed by atoms with Gasteiger partial charge in [0, 0.05) is 18.9 Å². The van der Waals surface area contributed by atoms with Gasteiger partial charge < -0.3 is 14.3 Å². The van der Waals surface area contributed by atoms with Gasteiger partial charge in [-0.15, -0.1) is 0 Å². The first-order valence-electron chi connectivity index (χ1n) is 7.57. The topological polar surface area (TPSA) is 81.2 Å². The van der Waals surface area contributed by atoms with Crippen LogP contribution in [0.3, 0.4) is 0 Å². The summed E-state index contributed by atoms with van der Waals surface area (Å²) in [7, 11) is 0. The van der Waals surface area contributed by atoms with Crippen molar-refractivity contribution in [1.29, 1.82) is 0 Å². The number of benzene rings is 1. The summed E-state index contributed by atoms with van der Waals surface area (Å²) in [5.41, 5.74) is 1.25. The second-order valence-electron chi connectivity index (χ2n) is 5.49. The first kappa shape index (κ1) is 16.8. The van der Waals surface area contributed by atoms with E-state index in [1.165, 1.54) is 12.3 Å². The van der Waals surface area contributed by atoms with Crippen LogP contribution in [0.1, 0.15) is 23.8 Å². The monoisotopic (exact) mass is 347 g/mol. The maximum Gasteiger partial charge on any atom is 0.225 e. The summed E-state index contributed by atoms with van der Waals surface area (Å²) >= 11 is 0. The van der Waals surface area contributed by atoms with Gasteiger partial charge in [-0.3, -0.25) is 4.79 Å².